The number of benzene rings is 1. The molecule has 0 unspecified atom stereocenters. The van der Waals surface area contributed by atoms with E-state index in [1.807, 2.05) is 25.1 Å². The molecule has 0 aliphatic carbocycles. The molecule has 0 bridgehead atoms. The normalized spacial score (nSPS) is 11.6. The number of rotatable bonds is 3. The van der Waals surface area contributed by atoms with Crippen LogP contribution in [0, 0.1) is 0 Å². The highest BCUT2D eigenvalue weighted by molar-refractivity contribution is 7.13. The average Bonchev–Trinajstić information content (AvgIpc) is 2.79. The minimum absolute atomic E-state index is 0.0926. The monoisotopic (exact) mass is 261 g/mol. The molecule has 3 heteroatoms. The molecular formula is C15H19NOS. The molecule has 0 radical (unpaired) electrons. The molecule has 2 nitrogen and oxygen atoms in total. The number of nitrogens with zero attached hydrogens (tertiary/aromatic N) is 1. The highest BCUT2D eigenvalue weighted by Crippen LogP contribution is 2.34. The second-order valence-corrected chi connectivity index (χ2v) is 6.08. The number of hydrogen-bond acceptors (Lipinski definition) is 3. The van der Waals surface area contributed by atoms with Crippen LogP contribution in [0.1, 0.15) is 33.4 Å². The van der Waals surface area contributed by atoms with Gasteiger partial charge in [0.05, 0.1) is 17.9 Å². The maximum Gasteiger partial charge on any atom is 0.129 e. The van der Waals surface area contributed by atoms with E-state index in [1.54, 1.807) is 11.3 Å². The van der Waals surface area contributed by atoms with Gasteiger partial charge in [0.25, 0.3) is 0 Å². The van der Waals surface area contributed by atoms with E-state index in [0.717, 1.165) is 22.0 Å². The summed E-state index contributed by atoms with van der Waals surface area (Å²) in [6.45, 7) is 9.22. The summed E-state index contributed by atoms with van der Waals surface area (Å²) < 4.78 is 5.65. The van der Waals surface area contributed by atoms with Crippen LogP contribution in [-0.2, 0) is 5.41 Å². The Hall–Kier alpha value is -1.35. The predicted octanol–water partition coefficient (Wildman–Crippen LogP) is 4.51. The smallest absolute Gasteiger partial charge is 0.129 e. The summed E-state index contributed by atoms with van der Waals surface area (Å²) in [6.07, 6.45) is 0. The number of thiazole rings is 1. The Morgan fingerprint density at radius 3 is 2.56 bits per heavy atom. The lowest BCUT2D eigenvalue weighted by Crippen LogP contribution is -2.11. The topological polar surface area (TPSA) is 22.1 Å². The van der Waals surface area contributed by atoms with Gasteiger partial charge in [0.2, 0.25) is 0 Å². The fourth-order valence-electron chi connectivity index (χ4n) is 1.67. The van der Waals surface area contributed by atoms with E-state index in [4.69, 9.17) is 9.72 Å². The zero-order chi connectivity index (χ0) is 13.2. The van der Waals surface area contributed by atoms with E-state index >= 15 is 0 Å². The van der Waals surface area contributed by atoms with Crippen molar-refractivity contribution in [1.29, 1.82) is 0 Å². The maximum atomic E-state index is 5.65. The average molecular weight is 261 g/mol. The van der Waals surface area contributed by atoms with Crippen LogP contribution >= 0.6 is 11.3 Å². The lowest BCUT2D eigenvalue weighted by molar-refractivity contribution is 0.341. The molecule has 1 aromatic heterocycles. The molecule has 0 aliphatic rings. The first-order chi connectivity index (χ1) is 8.52. The minimum Gasteiger partial charge on any atom is -0.493 e. The molecule has 2 rings (SSSR count). The van der Waals surface area contributed by atoms with Gasteiger partial charge in [-0.1, -0.05) is 32.9 Å². The molecule has 0 saturated heterocycles. The first-order valence-corrected chi connectivity index (χ1v) is 7.08. The van der Waals surface area contributed by atoms with Crippen molar-refractivity contribution in [3.63, 3.8) is 0 Å². The van der Waals surface area contributed by atoms with Gasteiger partial charge in [0.15, 0.2) is 0 Å². The molecule has 0 aliphatic heterocycles. The van der Waals surface area contributed by atoms with E-state index in [9.17, 15) is 0 Å². The van der Waals surface area contributed by atoms with E-state index in [-0.39, 0.29) is 5.41 Å². The van der Waals surface area contributed by atoms with Gasteiger partial charge in [0, 0.05) is 10.8 Å². The molecule has 1 heterocycles. The van der Waals surface area contributed by atoms with Gasteiger partial charge < -0.3 is 4.74 Å². The number of para-hydroxylation sites is 1. The Balaban J connectivity index is 2.40. The van der Waals surface area contributed by atoms with Crippen molar-refractivity contribution in [2.45, 2.75) is 33.1 Å². The van der Waals surface area contributed by atoms with Gasteiger partial charge in [-0.05, 0) is 19.1 Å². The van der Waals surface area contributed by atoms with Gasteiger partial charge >= 0.3 is 0 Å². The van der Waals surface area contributed by atoms with E-state index < -0.39 is 0 Å². The zero-order valence-corrected chi connectivity index (χ0v) is 12.2. The lowest BCUT2D eigenvalue weighted by atomic mass is 9.93. The molecule has 18 heavy (non-hydrogen) atoms. The highest BCUT2D eigenvalue weighted by Gasteiger charge is 2.19. The van der Waals surface area contributed by atoms with Crippen LogP contribution in [0.4, 0.5) is 0 Å². The van der Waals surface area contributed by atoms with E-state index in [0.29, 0.717) is 6.61 Å². The third-order valence-electron chi connectivity index (χ3n) is 2.69. The summed E-state index contributed by atoms with van der Waals surface area (Å²) in [5.74, 6) is 0.912. The van der Waals surface area contributed by atoms with Crippen molar-refractivity contribution in [2.75, 3.05) is 6.61 Å². The Bertz CT molecular complexity index is 525. The molecule has 96 valence electrons. The Kier molecular flexibility index (Phi) is 3.71. The summed E-state index contributed by atoms with van der Waals surface area (Å²) in [5, 5.41) is 3.17. The summed E-state index contributed by atoms with van der Waals surface area (Å²) in [5.41, 5.74) is 2.31. The highest BCUT2D eigenvalue weighted by atomic mass is 32.1. The van der Waals surface area contributed by atoms with Gasteiger partial charge in [-0.15, -0.1) is 11.3 Å². The molecule has 0 fully saturated rings. The minimum atomic E-state index is 0.0926. The largest absolute Gasteiger partial charge is 0.493 e. The van der Waals surface area contributed by atoms with Crippen molar-refractivity contribution < 1.29 is 4.74 Å². The molecule has 0 spiro atoms. The summed E-state index contributed by atoms with van der Waals surface area (Å²) in [7, 11) is 0. The fourth-order valence-corrected chi connectivity index (χ4v) is 2.74. The number of aromatic nitrogens is 1. The number of ether oxygens (including phenoxy) is 1. The lowest BCUT2D eigenvalue weighted by Gasteiger charge is -2.14. The third-order valence-corrected chi connectivity index (χ3v) is 3.57. The van der Waals surface area contributed by atoms with Crippen molar-refractivity contribution in [3.05, 3.63) is 35.3 Å². The second-order valence-electron chi connectivity index (χ2n) is 5.22. The Morgan fingerprint density at radius 1 is 1.22 bits per heavy atom. The van der Waals surface area contributed by atoms with Gasteiger partial charge in [-0.25, -0.2) is 4.98 Å². The van der Waals surface area contributed by atoms with E-state index in [2.05, 4.69) is 32.2 Å². The standard InChI is InChI=1S/C15H19NOS/c1-5-17-12-9-7-6-8-11(12)14-16-13(10-18-14)15(2,3)4/h6-10H,5H2,1-4H3. The SMILES string of the molecule is CCOc1ccccc1-c1nc(C(C)(C)C)cs1. The molecule has 0 N–H and O–H groups in total. The molecule has 0 saturated carbocycles. The second kappa shape index (κ2) is 5.11. The first-order valence-electron chi connectivity index (χ1n) is 6.20. The third kappa shape index (κ3) is 2.72. The van der Waals surface area contributed by atoms with Crippen LogP contribution in [0.15, 0.2) is 29.6 Å². The van der Waals surface area contributed by atoms with Gasteiger partial charge in [-0.3, -0.25) is 0 Å². The summed E-state index contributed by atoms with van der Waals surface area (Å²) in [6, 6.07) is 8.08. The van der Waals surface area contributed by atoms with E-state index in [1.165, 1.54) is 0 Å². The Labute approximate surface area is 113 Å². The van der Waals surface area contributed by atoms with Gasteiger partial charge in [0.1, 0.15) is 10.8 Å². The van der Waals surface area contributed by atoms with Crippen LogP contribution in [0.2, 0.25) is 0 Å². The van der Waals surface area contributed by atoms with Crippen molar-refractivity contribution in [3.8, 4) is 16.3 Å². The van der Waals surface area contributed by atoms with Crippen LogP contribution < -0.4 is 4.74 Å². The molecule has 0 amide bonds. The first kappa shape index (κ1) is 13.1. The Morgan fingerprint density at radius 2 is 1.94 bits per heavy atom. The zero-order valence-electron chi connectivity index (χ0n) is 11.4. The molecular weight excluding hydrogens is 242 g/mol. The maximum absolute atomic E-state index is 5.65. The van der Waals surface area contributed by atoms with Crippen molar-refractivity contribution in [2.24, 2.45) is 0 Å². The summed E-state index contributed by atoms with van der Waals surface area (Å²) in [4.78, 5) is 4.73. The predicted molar refractivity (Wildman–Crippen MR) is 77.4 cm³/mol. The molecule has 2 aromatic rings. The van der Waals surface area contributed by atoms with Crippen LogP contribution in [-0.4, -0.2) is 11.6 Å². The van der Waals surface area contributed by atoms with Crippen LogP contribution in [0.25, 0.3) is 10.6 Å². The fraction of sp³-hybridized carbons (Fsp3) is 0.400. The van der Waals surface area contributed by atoms with Crippen LogP contribution in [0.5, 0.6) is 5.75 Å². The number of hydrogen-bond donors (Lipinski definition) is 0. The quantitative estimate of drug-likeness (QED) is 0.811. The summed E-state index contributed by atoms with van der Waals surface area (Å²) >= 11 is 1.68. The molecule has 1 aromatic carbocycles. The van der Waals surface area contributed by atoms with Crippen LogP contribution in [0.3, 0.4) is 0 Å². The van der Waals surface area contributed by atoms with Gasteiger partial charge in [-0.2, -0.15) is 0 Å². The van der Waals surface area contributed by atoms with Crippen molar-refractivity contribution in [1.82, 2.24) is 4.98 Å². The van der Waals surface area contributed by atoms with Crippen molar-refractivity contribution >= 4 is 11.3 Å². The molecule has 0 atom stereocenters.